The molecule has 51 heavy (non-hydrogen) atoms. The molecule has 2 heterocycles. The van der Waals surface area contributed by atoms with Crippen LogP contribution in [0.25, 0.3) is 94.1 Å². The van der Waals surface area contributed by atoms with Crippen LogP contribution in [-0.4, -0.2) is 14.5 Å². The Labute approximate surface area is 295 Å². The van der Waals surface area contributed by atoms with E-state index >= 15 is 0 Å². The van der Waals surface area contributed by atoms with Crippen molar-refractivity contribution >= 4 is 43.5 Å². The summed E-state index contributed by atoms with van der Waals surface area (Å²) in [7, 11) is 0. The molecule has 10 rings (SSSR count). The minimum absolute atomic E-state index is 0.669. The van der Waals surface area contributed by atoms with E-state index in [4.69, 9.17) is 9.97 Å². The molecule has 0 aliphatic heterocycles. The lowest BCUT2D eigenvalue weighted by Gasteiger charge is -2.14. The average Bonchev–Trinajstić information content (AvgIpc) is 3.55. The maximum atomic E-state index is 5.30. The Morgan fingerprint density at radius 3 is 1.45 bits per heavy atom. The number of benzene rings is 8. The molecule has 0 aliphatic rings. The SMILES string of the molecule is c1ccc(-c2ccc(-c3cccc4cccc(-c5ccc(-c6nc(-n7c8ccccc8c8ccccc87)nc7ccccc67)cc5)c34)cc2)cc1. The average molecular weight is 650 g/mol. The highest BCUT2D eigenvalue weighted by Crippen LogP contribution is 2.39. The zero-order valence-electron chi connectivity index (χ0n) is 27.7. The van der Waals surface area contributed by atoms with Gasteiger partial charge in [-0.2, -0.15) is 0 Å². The van der Waals surface area contributed by atoms with Gasteiger partial charge in [0, 0.05) is 21.7 Å². The van der Waals surface area contributed by atoms with E-state index in [0.29, 0.717) is 5.95 Å². The molecule has 0 N–H and O–H groups in total. The van der Waals surface area contributed by atoms with Crippen LogP contribution in [0, 0.1) is 0 Å². The fourth-order valence-electron chi connectivity index (χ4n) is 7.63. The quantitative estimate of drug-likeness (QED) is 0.186. The molecular weight excluding hydrogens is 619 g/mol. The van der Waals surface area contributed by atoms with Crippen LogP contribution in [0.15, 0.2) is 188 Å². The number of rotatable bonds is 5. The van der Waals surface area contributed by atoms with Gasteiger partial charge in [-0.25, -0.2) is 9.97 Å². The number of para-hydroxylation sites is 3. The van der Waals surface area contributed by atoms with Crippen molar-refractivity contribution in [1.82, 2.24) is 14.5 Å². The molecule has 8 aromatic carbocycles. The van der Waals surface area contributed by atoms with Crippen LogP contribution in [0.4, 0.5) is 0 Å². The molecule has 0 radical (unpaired) electrons. The van der Waals surface area contributed by atoms with E-state index in [-0.39, 0.29) is 0 Å². The largest absolute Gasteiger partial charge is 0.278 e. The summed E-state index contributed by atoms with van der Waals surface area (Å²) in [6.07, 6.45) is 0. The zero-order chi connectivity index (χ0) is 33.7. The van der Waals surface area contributed by atoms with E-state index in [9.17, 15) is 0 Å². The summed E-state index contributed by atoms with van der Waals surface area (Å²) in [4.78, 5) is 10.4. The molecule has 0 bridgehead atoms. The van der Waals surface area contributed by atoms with Crippen LogP contribution in [0.2, 0.25) is 0 Å². The van der Waals surface area contributed by atoms with E-state index in [0.717, 1.165) is 33.2 Å². The molecule has 0 unspecified atom stereocenters. The predicted molar refractivity (Wildman–Crippen MR) is 213 cm³/mol. The van der Waals surface area contributed by atoms with E-state index in [1.54, 1.807) is 0 Å². The molecular formula is C48H31N3. The van der Waals surface area contributed by atoms with E-state index in [1.807, 2.05) is 6.07 Å². The highest BCUT2D eigenvalue weighted by atomic mass is 15.2. The van der Waals surface area contributed by atoms with Crippen LogP contribution in [0.3, 0.4) is 0 Å². The third-order valence-electron chi connectivity index (χ3n) is 10.0. The Hall–Kier alpha value is -6.84. The fraction of sp³-hybridized carbons (Fsp3) is 0. The van der Waals surface area contributed by atoms with Crippen LogP contribution < -0.4 is 0 Å². The Morgan fingerprint density at radius 2 is 0.824 bits per heavy atom. The summed E-state index contributed by atoms with van der Waals surface area (Å²) >= 11 is 0. The minimum Gasteiger partial charge on any atom is -0.278 e. The smallest absolute Gasteiger partial charge is 0.235 e. The Morgan fingerprint density at radius 1 is 0.333 bits per heavy atom. The van der Waals surface area contributed by atoms with Gasteiger partial charge < -0.3 is 0 Å². The molecule has 0 fully saturated rings. The third kappa shape index (κ3) is 4.90. The molecule has 0 aliphatic carbocycles. The summed E-state index contributed by atoms with van der Waals surface area (Å²) in [5.41, 5.74) is 12.3. The van der Waals surface area contributed by atoms with Gasteiger partial charge in [-0.05, 0) is 62.4 Å². The van der Waals surface area contributed by atoms with Gasteiger partial charge in [-0.15, -0.1) is 0 Å². The second-order valence-corrected chi connectivity index (χ2v) is 13.0. The number of hydrogen-bond donors (Lipinski definition) is 0. The van der Waals surface area contributed by atoms with E-state index in [1.165, 1.54) is 54.9 Å². The number of nitrogens with zero attached hydrogens (tertiary/aromatic N) is 3. The predicted octanol–water partition coefficient (Wildman–Crippen LogP) is 12.5. The number of aromatic nitrogens is 3. The van der Waals surface area contributed by atoms with Crippen LogP contribution >= 0.6 is 0 Å². The van der Waals surface area contributed by atoms with Gasteiger partial charge in [0.2, 0.25) is 5.95 Å². The normalized spacial score (nSPS) is 11.5. The Balaban J connectivity index is 1.09. The number of hydrogen-bond acceptors (Lipinski definition) is 2. The van der Waals surface area contributed by atoms with E-state index in [2.05, 4.69) is 187 Å². The fourth-order valence-corrected chi connectivity index (χ4v) is 7.63. The minimum atomic E-state index is 0.669. The van der Waals surface area contributed by atoms with Crippen molar-refractivity contribution in [2.24, 2.45) is 0 Å². The highest BCUT2D eigenvalue weighted by molar-refractivity contribution is 6.09. The standard InChI is InChI=1S/C48H31N3/c1-2-12-32(13-3-1)33-24-26-34(27-25-33)38-19-10-14-36-15-11-20-39(46(36)38)35-28-30-37(31-29-35)47-42-18-4-7-21-43(42)49-48(50-47)51-44-22-8-5-16-40(44)41-17-6-9-23-45(41)51/h1-31H. The zero-order valence-corrected chi connectivity index (χ0v) is 27.7. The summed E-state index contributed by atoms with van der Waals surface area (Å²) < 4.78 is 2.19. The van der Waals surface area contributed by atoms with E-state index < -0.39 is 0 Å². The maximum Gasteiger partial charge on any atom is 0.235 e. The summed E-state index contributed by atoms with van der Waals surface area (Å²) in [6.45, 7) is 0. The van der Waals surface area contributed by atoms with Gasteiger partial charge >= 0.3 is 0 Å². The van der Waals surface area contributed by atoms with Gasteiger partial charge in [-0.1, -0.05) is 170 Å². The van der Waals surface area contributed by atoms with Gasteiger partial charge in [0.25, 0.3) is 0 Å². The first kappa shape index (κ1) is 29.1. The second kappa shape index (κ2) is 11.9. The van der Waals surface area contributed by atoms with Crippen molar-refractivity contribution in [1.29, 1.82) is 0 Å². The summed E-state index contributed by atoms with van der Waals surface area (Å²) in [5, 5.41) is 5.89. The first-order chi connectivity index (χ1) is 25.3. The molecule has 0 spiro atoms. The molecule has 0 saturated heterocycles. The second-order valence-electron chi connectivity index (χ2n) is 13.0. The highest BCUT2D eigenvalue weighted by Gasteiger charge is 2.17. The Kier molecular flexibility index (Phi) is 6.81. The van der Waals surface area contributed by atoms with Crippen LogP contribution in [0.5, 0.6) is 0 Å². The molecule has 3 heteroatoms. The molecule has 0 saturated carbocycles. The first-order valence-electron chi connectivity index (χ1n) is 17.3. The van der Waals surface area contributed by atoms with Crippen molar-refractivity contribution < 1.29 is 0 Å². The Bertz CT molecular complexity index is 2830. The third-order valence-corrected chi connectivity index (χ3v) is 10.0. The monoisotopic (exact) mass is 649 g/mol. The molecule has 3 nitrogen and oxygen atoms in total. The lowest BCUT2D eigenvalue weighted by Crippen LogP contribution is -2.03. The topological polar surface area (TPSA) is 30.7 Å². The summed E-state index contributed by atoms with van der Waals surface area (Å²) in [5.74, 6) is 0.669. The van der Waals surface area contributed by atoms with Crippen LogP contribution in [0.1, 0.15) is 0 Å². The van der Waals surface area contributed by atoms with Crippen molar-refractivity contribution in [3.8, 4) is 50.6 Å². The maximum absolute atomic E-state index is 5.30. The van der Waals surface area contributed by atoms with Crippen molar-refractivity contribution in [2.45, 2.75) is 0 Å². The molecule has 2 aromatic heterocycles. The lowest BCUT2D eigenvalue weighted by atomic mass is 9.90. The van der Waals surface area contributed by atoms with Gasteiger partial charge in [0.15, 0.2) is 0 Å². The molecule has 10 aromatic rings. The van der Waals surface area contributed by atoms with Crippen molar-refractivity contribution in [3.63, 3.8) is 0 Å². The van der Waals surface area contributed by atoms with Crippen molar-refractivity contribution in [3.05, 3.63) is 188 Å². The molecule has 238 valence electrons. The van der Waals surface area contributed by atoms with Crippen molar-refractivity contribution in [2.75, 3.05) is 0 Å². The molecule has 0 amide bonds. The van der Waals surface area contributed by atoms with Crippen LogP contribution in [-0.2, 0) is 0 Å². The molecule has 0 atom stereocenters. The number of fused-ring (bicyclic) bond motifs is 5. The summed E-state index contributed by atoms with van der Waals surface area (Å²) in [6, 6.07) is 66.8. The van der Waals surface area contributed by atoms with Gasteiger partial charge in [-0.3, -0.25) is 4.57 Å². The van der Waals surface area contributed by atoms with Gasteiger partial charge in [0.1, 0.15) is 0 Å². The first-order valence-corrected chi connectivity index (χ1v) is 17.3. The lowest BCUT2D eigenvalue weighted by molar-refractivity contribution is 1.01. The van der Waals surface area contributed by atoms with Gasteiger partial charge in [0.05, 0.1) is 22.2 Å².